The van der Waals surface area contributed by atoms with Crippen molar-refractivity contribution >= 4 is 11.6 Å². The van der Waals surface area contributed by atoms with Gasteiger partial charge in [-0.25, -0.2) is 0 Å². The number of pyridine rings is 1. The predicted octanol–water partition coefficient (Wildman–Crippen LogP) is 2.68. The van der Waals surface area contributed by atoms with Crippen LogP contribution >= 0.6 is 0 Å². The molecule has 2 rings (SSSR count). The number of rotatable bonds is 2. The average molecular weight is 256 g/mol. The summed E-state index contributed by atoms with van der Waals surface area (Å²) in [7, 11) is 1.69. The quantitative estimate of drug-likeness (QED) is 0.898. The molecule has 0 spiro atoms. The Morgan fingerprint density at radius 2 is 1.84 bits per heavy atom. The SMILES string of the molecule is Cc1cc(C)cc(N(C)C(=O)c2ccncc2O)c1. The Morgan fingerprint density at radius 3 is 2.42 bits per heavy atom. The van der Waals surface area contributed by atoms with Crippen molar-refractivity contribution in [1.82, 2.24) is 4.98 Å². The summed E-state index contributed by atoms with van der Waals surface area (Å²) >= 11 is 0. The highest BCUT2D eigenvalue weighted by Crippen LogP contribution is 2.22. The van der Waals surface area contributed by atoms with E-state index in [0.717, 1.165) is 16.8 Å². The lowest BCUT2D eigenvalue weighted by atomic mass is 10.1. The zero-order valence-corrected chi connectivity index (χ0v) is 11.2. The Labute approximate surface area is 112 Å². The fourth-order valence-corrected chi connectivity index (χ4v) is 2.01. The number of nitrogens with zero attached hydrogens (tertiary/aromatic N) is 2. The van der Waals surface area contributed by atoms with E-state index in [0.29, 0.717) is 0 Å². The molecule has 1 N–H and O–H groups in total. The molecule has 0 aliphatic heterocycles. The topological polar surface area (TPSA) is 53.4 Å². The Bertz CT molecular complexity index is 603. The van der Waals surface area contributed by atoms with Gasteiger partial charge in [-0.05, 0) is 43.2 Å². The molecule has 2 aromatic rings. The summed E-state index contributed by atoms with van der Waals surface area (Å²) in [6.07, 6.45) is 2.75. The van der Waals surface area contributed by atoms with E-state index in [2.05, 4.69) is 4.98 Å². The molecule has 98 valence electrons. The van der Waals surface area contributed by atoms with Gasteiger partial charge in [0.1, 0.15) is 5.75 Å². The van der Waals surface area contributed by atoms with Crippen LogP contribution in [0.25, 0.3) is 0 Å². The van der Waals surface area contributed by atoms with Crippen LogP contribution in [0.4, 0.5) is 5.69 Å². The van der Waals surface area contributed by atoms with Crippen molar-refractivity contribution in [3.63, 3.8) is 0 Å². The molecule has 0 bridgehead atoms. The maximum atomic E-state index is 12.3. The minimum absolute atomic E-state index is 0.108. The van der Waals surface area contributed by atoms with Gasteiger partial charge >= 0.3 is 0 Å². The van der Waals surface area contributed by atoms with E-state index in [4.69, 9.17) is 0 Å². The normalized spacial score (nSPS) is 10.3. The lowest BCUT2D eigenvalue weighted by molar-refractivity contribution is 0.0990. The van der Waals surface area contributed by atoms with Gasteiger partial charge in [0, 0.05) is 18.9 Å². The third kappa shape index (κ3) is 2.73. The molecule has 1 amide bonds. The molecule has 1 aromatic carbocycles. The van der Waals surface area contributed by atoms with Crippen LogP contribution in [0.2, 0.25) is 0 Å². The van der Waals surface area contributed by atoms with Crippen LogP contribution in [-0.2, 0) is 0 Å². The van der Waals surface area contributed by atoms with Crippen LogP contribution in [0.3, 0.4) is 0 Å². The van der Waals surface area contributed by atoms with Crippen LogP contribution < -0.4 is 4.90 Å². The summed E-state index contributed by atoms with van der Waals surface area (Å²) < 4.78 is 0. The lowest BCUT2D eigenvalue weighted by Gasteiger charge is -2.19. The number of carbonyl (C=O) groups excluding carboxylic acids is 1. The molecule has 0 saturated heterocycles. The van der Waals surface area contributed by atoms with E-state index in [1.54, 1.807) is 7.05 Å². The van der Waals surface area contributed by atoms with Gasteiger partial charge in [0.2, 0.25) is 0 Å². The smallest absolute Gasteiger partial charge is 0.261 e. The third-order valence-electron chi connectivity index (χ3n) is 2.93. The number of hydrogen-bond donors (Lipinski definition) is 1. The first-order valence-electron chi connectivity index (χ1n) is 5.98. The minimum atomic E-state index is -0.259. The number of aromatic hydroxyl groups is 1. The molecule has 1 heterocycles. The lowest BCUT2D eigenvalue weighted by Crippen LogP contribution is -2.26. The summed E-state index contributed by atoms with van der Waals surface area (Å²) in [4.78, 5) is 17.6. The second-order valence-corrected chi connectivity index (χ2v) is 4.60. The Balaban J connectivity index is 2.36. The molecule has 0 radical (unpaired) electrons. The molecule has 0 fully saturated rings. The van der Waals surface area contributed by atoms with Crippen molar-refractivity contribution in [3.8, 4) is 5.75 Å². The van der Waals surface area contributed by atoms with Crippen molar-refractivity contribution in [1.29, 1.82) is 0 Å². The van der Waals surface area contributed by atoms with Crippen LogP contribution in [-0.4, -0.2) is 23.0 Å². The van der Waals surface area contributed by atoms with E-state index in [9.17, 15) is 9.90 Å². The summed E-state index contributed by atoms with van der Waals surface area (Å²) in [6.45, 7) is 3.97. The number of hydrogen-bond acceptors (Lipinski definition) is 3. The van der Waals surface area contributed by atoms with Gasteiger partial charge in [0.25, 0.3) is 5.91 Å². The first kappa shape index (κ1) is 13.1. The van der Waals surface area contributed by atoms with Crippen molar-refractivity contribution in [2.45, 2.75) is 13.8 Å². The van der Waals surface area contributed by atoms with E-state index < -0.39 is 0 Å². The van der Waals surface area contributed by atoms with E-state index in [-0.39, 0.29) is 17.2 Å². The van der Waals surface area contributed by atoms with Crippen molar-refractivity contribution < 1.29 is 9.90 Å². The zero-order chi connectivity index (χ0) is 14.0. The molecular formula is C15H16N2O2. The second-order valence-electron chi connectivity index (χ2n) is 4.60. The first-order valence-corrected chi connectivity index (χ1v) is 5.98. The zero-order valence-electron chi connectivity index (χ0n) is 11.2. The van der Waals surface area contributed by atoms with Crippen molar-refractivity contribution in [3.05, 3.63) is 53.3 Å². The molecular weight excluding hydrogens is 240 g/mol. The van der Waals surface area contributed by atoms with Gasteiger partial charge in [-0.3, -0.25) is 9.78 Å². The number of carbonyl (C=O) groups is 1. The molecule has 0 atom stereocenters. The number of aryl methyl sites for hydroxylation is 2. The van der Waals surface area contributed by atoms with Crippen LogP contribution in [0.1, 0.15) is 21.5 Å². The molecule has 0 saturated carbocycles. The fraction of sp³-hybridized carbons (Fsp3) is 0.200. The third-order valence-corrected chi connectivity index (χ3v) is 2.93. The van der Waals surface area contributed by atoms with Gasteiger partial charge in [0.05, 0.1) is 11.8 Å². The molecule has 0 aliphatic carbocycles. The second kappa shape index (κ2) is 5.10. The molecule has 1 aromatic heterocycles. The van der Waals surface area contributed by atoms with Gasteiger partial charge in [-0.15, -0.1) is 0 Å². The molecule has 4 heteroatoms. The maximum absolute atomic E-state index is 12.3. The average Bonchev–Trinajstić information content (AvgIpc) is 2.36. The number of anilines is 1. The highest BCUT2D eigenvalue weighted by atomic mass is 16.3. The van der Waals surface area contributed by atoms with Crippen LogP contribution in [0.15, 0.2) is 36.7 Å². The summed E-state index contributed by atoms with van der Waals surface area (Å²) in [5.41, 5.74) is 3.23. The standard InChI is InChI=1S/C15H16N2O2/c1-10-6-11(2)8-12(7-10)17(3)15(19)13-4-5-16-9-14(13)18/h4-9,18H,1-3H3. The Kier molecular flexibility index (Phi) is 3.51. The molecule has 4 nitrogen and oxygen atoms in total. The Hall–Kier alpha value is -2.36. The highest BCUT2D eigenvalue weighted by Gasteiger charge is 2.17. The van der Waals surface area contributed by atoms with E-state index in [1.807, 2.05) is 32.0 Å². The van der Waals surface area contributed by atoms with Gasteiger partial charge < -0.3 is 10.0 Å². The predicted molar refractivity (Wildman–Crippen MR) is 74.6 cm³/mol. The van der Waals surface area contributed by atoms with Gasteiger partial charge in [-0.2, -0.15) is 0 Å². The van der Waals surface area contributed by atoms with Gasteiger partial charge in [-0.1, -0.05) is 6.07 Å². The summed E-state index contributed by atoms with van der Waals surface area (Å²) in [5, 5.41) is 9.68. The summed E-state index contributed by atoms with van der Waals surface area (Å²) in [6, 6.07) is 7.43. The monoisotopic (exact) mass is 256 g/mol. The maximum Gasteiger partial charge on any atom is 0.261 e. The van der Waals surface area contributed by atoms with E-state index in [1.165, 1.54) is 23.4 Å². The van der Waals surface area contributed by atoms with Crippen molar-refractivity contribution in [2.24, 2.45) is 0 Å². The van der Waals surface area contributed by atoms with E-state index >= 15 is 0 Å². The van der Waals surface area contributed by atoms with Crippen molar-refractivity contribution in [2.75, 3.05) is 11.9 Å². The largest absolute Gasteiger partial charge is 0.505 e. The Morgan fingerprint density at radius 1 is 1.21 bits per heavy atom. The van der Waals surface area contributed by atoms with Crippen LogP contribution in [0.5, 0.6) is 5.75 Å². The number of amides is 1. The summed E-state index contributed by atoms with van der Waals surface area (Å²) in [5.74, 6) is -0.367. The van der Waals surface area contributed by atoms with Gasteiger partial charge in [0.15, 0.2) is 0 Å². The minimum Gasteiger partial charge on any atom is -0.505 e. The number of aromatic nitrogens is 1. The highest BCUT2D eigenvalue weighted by molar-refractivity contribution is 6.07. The van der Waals surface area contributed by atoms with Crippen LogP contribution in [0, 0.1) is 13.8 Å². The first-order chi connectivity index (χ1) is 8.99. The molecule has 19 heavy (non-hydrogen) atoms. The number of benzene rings is 1. The fourth-order valence-electron chi connectivity index (χ4n) is 2.01. The molecule has 0 aliphatic rings. The molecule has 0 unspecified atom stereocenters.